The highest BCUT2D eigenvalue weighted by Crippen LogP contribution is 2.12. The highest BCUT2D eigenvalue weighted by molar-refractivity contribution is 7.87. The van der Waals surface area contributed by atoms with E-state index in [1.807, 2.05) is 6.92 Å². The van der Waals surface area contributed by atoms with Crippen molar-refractivity contribution in [2.24, 2.45) is 0 Å². The molecule has 1 aliphatic heterocycles. The Morgan fingerprint density at radius 1 is 1.21 bits per heavy atom. The van der Waals surface area contributed by atoms with Crippen LogP contribution in [0.2, 0.25) is 0 Å². The Balaban J connectivity index is 2.51. The number of hydrogen-bond donors (Lipinski definition) is 1. The van der Waals surface area contributed by atoms with Crippen LogP contribution in [0.1, 0.15) is 33.1 Å². The lowest BCUT2D eigenvalue weighted by molar-refractivity contribution is 0.156. The van der Waals surface area contributed by atoms with Gasteiger partial charge >= 0.3 is 0 Å². The van der Waals surface area contributed by atoms with Gasteiger partial charge in [-0.1, -0.05) is 20.3 Å². The van der Waals surface area contributed by atoms with Crippen LogP contribution in [0.15, 0.2) is 0 Å². The molecule has 19 heavy (non-hydrogen) atoms. The maximum absolute atomic E-state index is 11.9. The van der Waals surface area contributed by atoms with Crippen molar-refractivity contribution in [1.82, 2.24) is 13.9 Å². The number of rotatable bonds is 7. The summed E-state index contributed by atoms with van der Waals surface area (Å²) in [6.07, 6.45) is 2.60. The summed E-state index contributed by atoms with van der Waals surface area (Å²) < 4.78 is 27.9. The molecule has 1 rings (SSSR count). The van der Waals surface area contributed by atoms with E-state index in [1.165, 1.54) is 4.31 Å². The zero-order valence-corrected chi connectivity index (χ0v) is 12.6. The molecular formula is C12H24N4O2S. The summed E-state index contributed by atoms with van der Waals surface area (Å²) in [5.41, 5.74) is 0. The zero-order chi connectivity index (χ0) is 14.3. The van der Waals surface area contributed by atoms with E-state index in [9.17, 15) is 8.42 Å². The summed E-state index contributed by atoms with van der Waals surface area (Å²) in [5.74, 6) is 0. The summed E-state index contributed by atoms with van der Waals surface area (Å²) in [4.78, 5) is 2.08. The third kappa shape index (κ3) is 4.73. The average Bonchev–Trinajstić information content (AvgIpc) is 2.43. The van der Waals surface area contributed by atoms with Crippen LogP contribution in [-0.2, 0) is 10.2 Å². The van der Waals surface area contributed by atoms with E-state index in [1.54, 1.807) is 0 Å². The van der Waals surface area contributed by atoms with Crippen molar-refractivity contribution < 1.29 is 8.42 Å². The summed E-state index contributed by atoms with van der Waals surface area (Å²) in [7, 11) is -3.34. The highest BCUT2D eigenvalue weighted by Gasteiger charge is 2.29. The Hall–Kier alpha value is -0.680. The molecule has 1 saturated heterocycles. The predicted molar refractivity (Wildman–Crippen MR) is 74.7 cm³/mol. The summed E-state index contributed by atoms with van der Waals surface area (Å²) in [6.45, 7) is 6.64. The van der Waals surface area contributed by atoms with Gasteiger partial charge in [0.15, 0.2) is 0 Å². The van der Waals surface area contributed by atoms with E-state index in [0.717, 1.165) is 19.3 Å². The second-order valence-corrected chi connectivity index (χ2v) is 6.52. The van der Waals surface area contributed by atoms with E-state index in [2.05, 4.69) is 22.6 Å². The molecule has 0 aliphatic carbocycles. The predicted octanol–water partition coefficient (Wildman–Crippen LogP) is 0.541. The van der Waals surface area contributed by atoms with Crippen LogP contribution in [0.3, 0.4) is 0 Å². The standard InChI is InChI=1S/C12H24N4O2S/c1-3-5-12(11-13)15-7-9-16(10-8-15)19(17,18)14-6-4-2/h12,14H,3-10H2,1-2H3. The molecule has 0 aromatic heterocycles. The van der Waals surface area contributed by atoms with Crippen LogP contribution in [-0.4, -0.2) is 56.4 Å². The third-order valence-corrected chi connectivity index (χ3v) is 4.91. The van der Waals surface area contributed by atoms with Crippen LogP contribution in [0.4, 0.5) is 0 Å². The summed E-state index contributed by atoms with van der Waals surface area (Å²) in [6, 6.07) is 2.22. The molecule has 0 aromatic carbocycles. The van der Waals surface area contributed by atoms with Crippen LogP contribution in [0.5, 0.6) is 0 Å². The van der Waals surface area contributed by atoms with Gasteiger partial charge in [0.2, 0.25) is 0 Å². The first kappa shape index (κ1) is 16.4. The molecule has 0 saturated carbocycles. The topological polar surface area (TPSA) is 76.4 Å². The van der Waals surface area contributed by atoms with Gasteiger partial charge in [-0.3, -0.25) is 4.90 Å². The minimum atomic E-state index is -3.34. The van der Waals surface area contributed by atoms with Crippen molar-refractivity contribution in [1.29, 1.82) is 5.26 Å². The highest BCUT2D eigenvalue weighted by atomic mass is 32.2. The Labute approximate surface area is 116 Å². The molecule has 1 fully saturated rings. The van der Waals surface area contributed by atoms with Gasteiger partial charge < -0.3 is 0 Å². The van der Waals surface area contributed by atoms with E-state index in [4.69, 9.17) is 5.26 Å². The minimum absolute atomic E-state index is 0.0848. The normalized spacial score (nSPS) is 20.1. The van der Waals surface area contributed by atoms with Crippen LogP contribution < -0.4 is 4.72 Å². The number of hydrogen-bond acceptors (Lipinski definition) is 4. The zero-order valence-electron chi connectivity index (χ0n) is 11.8. The lowest BCUT2D eigenvalue weighted by atomic mass is 10.1. The van der Waals surface area contributed by atoms with Crippen LogP contribution >= 0.6 is 0 Å². The molecule has 0 radical (unpaired) electrons. The van der Waals surface area contributed by atoms with Crippen molar-refractivity contribution in [3.63, 3.8) is 0 Å². The molecule has 0 spiro atoms. The first-order valence-corrected chi connectivity index (χ1v) is 8.37. The second kappa shape index (κ2) is 7.80. The Morgan fingerprint density at radius 3 is 2.32 bits per heavy atom. The van der Waals surface area contributed by atoms with E-state index in [0.29, 0.717) is 32.7 Å². The lowest BCUT2D eigenvalue weighted by Crippen LogP contribution is -2.54. The number of nitrogens with zero attached hydrogens (tertiary/aromatic N) is 3. The molecule has 0 aromatic rings. The molecule has 7 heteroatoms. The van der Waals surface area contributed by atoms with Gasteiger partial charge in [0.1, 0.15) is 0 Å². The van der Waals surface area contributed by atoms with Crippen molar-refractivity contribution in [3.8, 4) is 6.07 Å². The minimum Gasteiger partial charge on any atom is -0.285 e. The fourth-order valence-electron chi connectivity index (χ4n) is 2.18. The second-order valence-electron chi connectivity index (χ2n) is 4.77. The largest absolute Gasteiger partial charge is 0.285 e. The Kier molecular flexibility index (Phi) is 6.72. The summed E-state index contributed by atoms with van der Waals surface area (Å²) >= 11 is 0. The maximum Gasteiger partial charge on any atom is 0.279 e. The molecule has 0 bridgehead atoms. The first-order valence-electron chi connectivity index (χ1n) is 6.93. The molecule has 1 atom stereocenters. The van der Waals surface area contributed by atoms with Gasteiger partial charge in [-0.2, -0.15) is 18.0 Å². The van der Waals surface area contributed by atoms with Crippen molar-refractivity contribution in [2.45, 2.75) is 39.2 Å². The van der Waals surface area contributed by atoms with Gasteiger partial charge in [-0.25, -0.2) is 4.72 Å². The molecule has 1 aliphatic rings. The Bertz CT molecular complexity index is 396. The van der Waals surface area contributed by atoms with Gasteiger partial charge in [-0.15, -0.1) is 0 Å². The van der Waals surface area contributed by atoms with Gasteiger partial charge in [0.05, 0.1) is 12.1 Å². The van der Waals surface area contributed by atoms with Gasteiger partial charge in [-0.05, 0) is 12.8 Å². The van der Waals surface area contributed by atoms with Crippen LogP contribution in [0, 0.1) is 11.3 Å². The van der Waals surface area contributed by atoms with Gasteiger partial charge in [0, 0.05) is 32.7 Å². The lowest BCUT2D eigenvalue weighted by Gasteiger charge is -2.36. The molecule has 0 amide bonds. The Morgan fingerprint density at radius 2 is 1.84 bits per heavy atom. The number of nitriles is 1. The smallest absolute Gasteiger partial charge is 0.279 e. The van der Waals surface area contributed by atoms with Crippen molar-refractivity contribution in [3.05, 3.63) is 0 Å². The average molecular weight is 288 g/mol. The van der Waals surface area contributed by atoms with E-state index in [-0.39, 0.29) is 6.04 Å². The first-order chi connectivity index (χ1) is 9.05. The summed E-state index contributed by atoms with van der Waals surface area (Å²) in [5, 5.41) is 9.12. The molecular weight excluding hydrogens is 264 g/mol. The van der Waals surface area contributed by atoms with Crippen molar-refractivity contribution >= 4 is 10.2 Å². The number of nitrogens with one attached hydrogen (secondary N) is 1. The molecule has 1 unspecified atom stereocenters. The fourth-order valence-corrected chi connectivity index (χ4v) is 3.47. The van der Waals surface area contributed by atoms with E-state index >= 15 is 0 Å². The quantitative estimate of drug-likeness (QED) is 0.742. The number of piperazine rings is 1. The molecule has 1 N–H and O–H groups in total. The van der Waals surface area contributed by atoms with Gasteiger partial charge in [0.25, 0.3) is 10.2 Å². The SMILES string of the molecule is CCCNS(=O)(=O)N1CCN(C(C#N)CCC)CC1. The maximum atomic E-state index is 11.9. The van der Waals surface area contributed by atoms with Crippen molar-refractivity contribution in [2.75, 3.05) is 32.7 Å². The van der Waals surface area contributed by atoms with E-state index < -0.39 is 10.2 Å². The molecule has 6 nitrogen and oxygen atoms in total. The fraction of sp³-hybridized carbons (Fsp3) is 0.917. The van der Waals surface area contributed by atoms with Crippen LogP contribution in [0.25, 0.3) is 0 Å². The molecule has 1 heterocycles. The molecule has 110 valence electrons. The third-order valence-electron chi connectivity index (χ3n) is 3.30. The monoisotopic (exact) mass is 288 g/mol.